The minimum absolute atomic E-state index is 0.0957. The highest BCUT2D eigenvalue weighted by molar-refractivity contribution is 5.84. The lowest BCUT2D eigenvalue weighted by molar-refractivity contribution is -0.152. The van der Waals surface area contributed by atoms with Gasteiger partial charge in [0.2, 0.25) is 11.8 Å². The van der Waals surface area contributed by atoms with Crippen LogP contribution in [0.4, 0.5) is 0 Å². The maximum absolute atomic E-state index is 12.9. The number of aromatic nitrogens is 2. The molecule has 0 bridgehead atoms. The molecule has 1 atom stereocenters. The van der Waals surface area contributed by atoms with E-state index in [2.05, 4.69) is 4.98 Å². The molecule has 24 heavy (non-hydrogen) atoms. The van der Waals surface area contributed by atoms with Crippen molar-refractivity contribution in [1.82, 2.24) is 19.4 Å². The van der Waals surface area contributed by atoms with E-state index in [0.29, 0.717) is 19.6 Å². The van der Waals surface area contributed by atoms with Gasteiger partial charge in [-0.2, -0.15) is 0 Å². The topological polar surface area (TPSA) is 58.4 Å². The van der Waals surface area contributed by atoms with E-state index in [9.17, 15) is 9.59 Å². The van der Waals surface area contributed by atoms with Crippen LogP contribution < -0.4 is 0 Å². The van der Waals surface area contributed by atoms with E-state index in [1.807, 2.05) is 69.2 Å². The largest absolute Gasteiger partial charge is 0.338 e. The smallest absolute Gasteiger partial charge is 0.228 e. The molecule has 1 saturated heterocycles. The first-order valence-electron chi connectivity index (χ1n) is 8.50. The third kappa shape index (κ3) is 3.62. The molecular weight excluding hydrogens is 304 g/mol. The maximum Gasteiger partial charge on any atom is 0.228 e. The van der Waals surface area contributed by atoms with Gasteiger partial charge in [-0.3, -0.25) is 9.59 Å². The van der Waals surface area contributed by atoms with Gasteiger partial charge in [0.1, 0.15) is 11.9 Å². The summed E-state index contributed by atoms with van der Waals surface area (Å²) in [5, 5.41) is 0. The molecule has 1 aliphatic rings. The Labute approximate surface area is 144 Å². The Kier molecular flexibility index (Phi) is 4.79. The highest BCUT2D eigenvalue weighted by Gasteiger charge is 2.40. The van der Waals surface area contributed by atoms with E-state index in [-0.39, 0.29) is 17.9 Å². The number of aryl methyl sites for hydroxylation is 1. The van der Waals surface area contributed by atoms with Crippen LogP contribution in [-0.2, 0) is 16.6 Å². The lowest BCUT2D eigenvalue weighted by atomic mass is 9.91. The summed E-state index contributed by atoms with van der Waals surface area (Å²) in [4.78, 5) is 33.8. The normalized spacial score (nSPS) is 19.5. The lowest BCUT2D eigenvalue weighted by Gasteiger charge is -2.44. The van der Waals surface area contributed by atoms with Crippen molar-refractivity contribution in [1.29, 1.82) is 0 Å². The summed E-state index contributed by atoms with van der Waals surface area (Å²) < 4.78 is 1.93. The number of hydrogen-bond donors (Lipinski definition) is 0. The van der Waals surface area contributed by atoms with Crippen LogP contribution in [0.5, 0.6) is 0 Å². The van der Waals surface area contributed by atoms with Crippen molar-refractivity contribution in [2.24, 2.45) is 17.9 Å². The van der Waals surface area contributed by atoms with Crippen molar-refractivity contribution in [2.45, 2.75) is 47.6 Å². The van der Waals surface area contributed by atoms with Crippen LogP contribution in [0.1, 0.15) is 53.4 Å². The molecule has 134 valence electrons. The van der Waals surface area contributed by atoms with Gasteiger partial charge < -0.3 is 14.4 Å². The second-order valence-electron chi connectivity index (χ2n) is 8.66. The summed E-state index contributed by atoms with van der Waals surface area (Å²) in [6.45, 7) is 13.2. The number of carbonyl (C=O) groups is 2. The summed E-state index contributed by atoms with van der Waals surface area (Å²) in [5.74, 6) is 1.03. The molecule has 0 spiro atoms. The van der Waals surface area contributed by atoms with Crippen molar-refractivity contribution in [2.75, 3.05) is 19.6 Å². The van der Waals surface area contributed by atoms with Gasteiger partial charge in [-0.15, -0.1) is 0 Å². The predicted octanol–water partition coefficient (Wildman–Crippen LogP) is 2.22. The molecule has 6 nitrogen and oxygen atoms in total. The molecule has 2 rings (SSSR count). The molecule has 0 N–H and O–H groups in total. The molecule has 1 aromatic heterocycles. The number of imidazole rings is 1. The van der Waals surface area contributed by atoms with Crippen LogP contribution >= 0.6 is 0 Å². The average molecular weight is 334 g/mol. The van der Waals surface area contributed by atoms with E-state index in [4.69, 9.17) is 0 Å². The zero-order chi connectivity index (χ0) is 18.3. The third-order valence-corrected chi connectivity index (χ3v) is 4.37. The maximum atomic E-state index is 12.9. The minimum Gasteiger partial charge on any atom is -0.338 e. The number of amides is 2. The molecule has 1 aromatic rings. The van der Waals surface area contributed by atoms with Crippen LogP contribution in [0.25, 0.3) is 0 Å². The van der Waals surface area contributed by atoms with E-state index in [1.54, 1.807) is 6.20 Å². The van der Waals surface area contributed by atoms with Gasteiger partial charge in [-0.25, -0.2) is 4.98 Å². The first-order valence-corrected chi connectivity index (χ1v) is 8.50. The molecule has 1 fully saturated rings. The average Bonchev–Trinajstić information content (AvgIpc) is 2.89. The fourth-order valence-electron chi connectivity index (χ4n) is 3.03. The Morgan fingerprint density at radius 3 is 2.08 bits per heavy atom. The molecular formula is C18H30N4O2. The molecule has 0 saturated carbocycles. The summed E-state index contributed by atoms with van der Waals surface area (Å²) >= 11 is 0. The van der Waals surface area contributed by atoms with E-state index in [1.165, 1.54) is 0 Å². The standard InChI is InChI=1S/C18H30N4O2/c1-17(2,3)15(23)21-10-11-22(16(24)18(4,5)6)13(12-21)14-19-8-9-20(14)7/h8-9,13H,10-12H2,1-7H3. The van der Waals surface area contributed by atoms with Gasteiger partial charge in [0.25, 0.3) is 0 Å². The minimum atomic E-state index is -0.459. The Hall–Kier alpha value is -1.85. The quantitative estimate of drug-likeness (QED) is 0.791. The van der Waals surface area contributed by atoms with Crippen molar-refractivity contribution >= 4 is 11.8 Å². The van der Waals surface area contributed by atoms with Crippen LogP contribution in [0.15, 0.2) is 12.4 Å². The summed E-state index contributed by atoms with van der Waals surface area (Å²) in [6, 6.07) is -0.211. The van der Waals surface area contributed by atoms with E-state index < -0.39 is 10.8 Å². The predicted molar refractivity (Wildman–Crippen MR) is 93.2 cm³/mol. The first kappa shape index (κ1) is 18.5. The summed E-state index contributed by atoms with van der Waals surface area (Å²) in [7, 11) is 1.92. The van der Waals surface area contributed by atoms with Gasteiger partial charge in [0, 0.05) is 49.9 Å². The molecule has 0 aliphatic carbocycles. The van der Waals surface area contributed by atoms with Gasteiger partial charge in [0.15, 0.2) is 0 Å². The van der Waals surface area contributed by atoms with Crippen molar-refractivity contribution < 1.29 is 9.59 Å². The van der Waals surface area contributed by atoms with Gasteiger partial charge in [0.05, 0.1) is 0 Å². The molecule has 2 amide bonds. The molecule has 1 unspecified atom stereocenters. The number of piperazine rings is 1. The van der Waals surface area contributed by atoms with Crippen molar-refractivity contribution in [3.63, 3.8) is 0 Å². The highest BCUT2D eigenvalue weighted by Crippen LogP contribution is 2.31. The van der Waals surface area contributed by atoms with E-state index in [0.717, 1.165) is 5.82 Å². The van der Waals surface area contributed by atoms with Gasteiger partial charge >= 0.3 is 0 Å². The van der Waals surface area contributed by atoms with Gasteiger partial charge in [-0.05, 0) is 0 Å². The zero-order valence-corrected chi connectivity index (χ0v) is 16.0. The fraction of sp³-hybridized carbons (Fsp3) is 0.722. The zero-order valence-electron chi connectivity index (χ0n) is 16.0. The number of hydrogen-bond acceptors (Lipinski definition) is 3. The van der Waals surface area contributed by atoms with Crippen molar-refractivity contribution in [3.05, 3.63) is 18.2 Å². The van der Waals surface area contributed by atoms with Gasteiger partial charge in [-0.1, -0.05) is 41.5 Å². The fourth-order valence-corrected chi connectivity index (χ4v) is 3.03. The second kappa shape index (κ2) is 6.22. The Balaban J connectivity index is 2.34. The third-order valence-electron chi connectivity index (χ3n) is 4.37. The number of rotatable bonds is 1. The first-order chi connectivity index (χ1) is 10.9. The molecule has 0 aromatic carbocycles. The summed E-state index contributed by atoms with van der Waals surface area (Å²) in [5.41, 5.74) is -0.887. The van der Waals surface area contributed by atoms with Crippen LogP contribution in [0.2, 0.25) is 0 Å². The van der Waals surface area contributed by atoms with Crippen LogP contribution in [0, 0.1) is 10.8 Å². The van der Waals surface area contributed by atoms with Crippen molar-refractivity contribution in [3.8, 4) is 0 Å². The highest BCUT2D eigenvalue weighted by atomic mass is 16.2. The van der Waals surface area contributed by atoms with Crippen LogP contribution in [0.3, 0.4) is 0 Å². The molecule has 2 heterocycles. The Morgan fingerprint density at radius 1 is 1.04 bits per heavy atom. The number of nitrogens with zero attached hydrogens (tertiary/aromatic N) is 4. The monoisotopic (exact) mass is 334 g/mol. The molecule has 6 heteroatoms. The van der Waals surface area contributed by atoms with Crippen LogP contribution in [-0.4, -0.2) is 50.8 Å². The summed E-state index contributed by atoms with van der Waals surface area (Å²) in [6.07, 6.45) is 3.61. The van der Waals surface area contributed by atoms with E-state index >= 15 is 0 Å². The number of carbonyl (C=O) groups excluding carboxylic acids is 2. The Bertz CT molecular complexity index is 622. The lowest BCUT2D eigenvalue weighted by Crippen LogP contribution is -2.56. The Morgan fingerprint density at radius 2 is 1.62 bits per heavy atom. The second-order valence-corrected chi connectivity index (χ2v) is 8.66. The molecule has 0 radical (unpaired) electrons. The SMILES string of the molecule is Cn1ccnc1C1CN(C(=O)C(C)(C)C)CCN1C(=O)C(C)(C)C. The molecule has 1 aliphatic heterocycles.